The van der Waals surface area contributed by atoms with Gasteiger partial charge in [-0.25, -0.2) is 4.79 Å². The number of hydrogen-bond acceptors (Lipinski definition) is 6. The second-order valence-corrected chi connectivity index (χ2v) is 6.25. The predicted molar refractivity (Wildman–Crippen MR) is 102 cm³/mol. The Morgan fingerprint density at radius 3 is 1.97 bits per heavy atom. The zero-order valence-corrected chi connectivity index (χ0v) is 15.9. The first-order valence-corrected chi connectivity index (χ1v) is 8.96. The predicted octanol–water partition coefficient (Wildman–Crippen LogP) is 2.58. The Bertz CT molecular complexity index is 946. The molecular formula is C22H22NO6+. The van der Waals surface area contributed by atoms with Crippen LogP contribution in [0, 0.1) is 0 Å². The van der Waals surface area contributed by atoms with Gasteiger partial charge in [-0.15, -0.1) is 0 Å². The first-order chi connectivity index (χ1) is 14.1. The van der Waals surface area contributed by atoms with Gasteiger partial charge in [0.15, 0.2) is 5.75 Å². The van der Waals surface area contributed by atoms with E-state index in [9.17, 15) is 15.1 Å². The fraction of sp³-hybridized carbons (Fsp3) is 0.182. The fourth-order valence-electron chi connectivity index (χ4n) is 2.65. The average Bonchev–Trinajstić information content (AvgIpc) is 2.77. The van der Waals surface area contributed by atoms with E-state index in [0.29, 0.717) is 4.73 Å². The Balaban J connectivity index is 1.87. The molecule has 29 heavy (non-hydrogen) atoms. The van der Waals surface area contributed by atoms with Crippen molar-refractivity contribution in [2.75, 3.05) is 7.11 Å². The molecule has 1 heterocycles. The van der Waals surface area contributed by atoms with Gasteiger partial charge in [0.1, 0.15) is 13.2 Å². The van der Waals surface area contributed by atoms with Crippen molar-refractivity contribution in [3.05, 3.63) is 89.7 Å². The molecule has 2 N–H and O–H groups in total. The van der Waals surface area contributed by atoms with Gasteiger partial charge in [0.25, 0.3) is 11.9 Å². The molecule has 150 valence electrons. The third-order valence-electron chi connectivity index (χ3n) is 4.20. The first kappa shape index (κ1) is 20.2. The van der Waals surface area contributed by atoms with Crippen LogP contribution in [0.15, 0.2) is 72.9 Å². The van der Waals surface area contributed by atoms with E-state index in [0.717, 1.165) is 18.2 Å². The van der Waals surface area contributed by atoms with Crippen molar-refractivity contribution in [3.63, 3.8) is 0 Å². The van der Waals surface area contributed by atoms with Crippen LogP contribution >= 0.6 is 0 Å². The van der Waals surface area contributed by atoms with Crippen LogP contribution in [0.5, 0.6) is 11.5 Å². The minimum absolute atomic E-state index is 0.105. The molecule has 0 aliphatic rings. The molecule has 7 heteroatoms. The summed E-state index contributed by atoms with van der Waals surface area (Å²) in [5.74, 6) is -0.374. The molecular weight excluding hydrogens is 374 g/mol. The molecule has 3 aromatic rings. The highest BCUT2D eigenvalue weighted by molar-refractivity contribution is 5.75. The Morgan fingerprint density at radius 2 is 1.45 bits per heavy atom. The molecule has 0 aliphatic heterocycles. The summed E-state index contributed by atoms with van der Waals surface area (Å²) in [6.07, 6.45) is -0.433. The second kappa shape index (κ2) is 9.57. The lowest BCUT2D eigenvalue weighted by Gasteiger charge is -2.13. The van der Waals surface area contributed by atoms with Crippen molar-refractivity contribution in [3.8, 4) is 11.5 Å². The molecule has 0 radical (unpaired) electrons. The topological polar surface area (TPSA) is 89.1 Å². The largest absolute Gasteiger partial charge is 0.485 e. The number of carbonyl (C=O) groups is 1. The monoisotopic (exact) mass is 396 g/mol. The van der Waals surface area contributed by atoms with Crippen LogP contribution in [-0.4, -0.2) is 23.4 Å². The maximum absolute atomic E-state index is 11.7. The summed E-state index contributed by atoms with van der Waals surface area (Å²) in [5, 5.41) is 20.4. The molecule has 0 amide bonds. The molecule has 2 aromatic carbocycles. The highest BCUT2D eigenvalue weighted by Gasteiger charge is 2.31. The number of hydrogen-bond donors (Lipinski definition) is 2. The van der Waals surface area contributed by atoms with Gasteiger partial charge in [-0.2, -0.15) is 0 Å². The van der Waals surface area contributed by atoms with Crippen LogP contribution in [-0.2, 0) is 22.7 Å². The minimum Gasteiger partial charge on any atom is -0.485 e. The van der Waals surface area contributed by atoms with E-state index in [-0.39, 0.29) is 30.4 Å². The number of methoxy groups -OCH3 is 1. The number of rotatable bonds is 8. The van der Waals surface area contributed by atoms with Gasteiger partial charge >= 0.3 is 5.97 Å². The van der Waals surface area contributed by atoms with E-state index in [4.69, 9.17) is 9.47 Å². The molecule has 3 rings (SSSR count). The lowest BCUT2D eigenvalue weighted by Crippen LogP contribution is -2.38. The van der Waals surface area contributed by atoms with Gasteiger partial charge in [-0.05, 0) is 11.1 Å². The van der Waals surface area contributed by atoms with Gasteiger partial charge in [-0.3, -0.25) is 5.21 Å². The van der Waals surface area contributed by atoms with Gasteiger partial charge in [-0.1, -0.05) is 60.7 Å². The van der Waals surface area contributed by atoms with Crippen LogP contribution < -0.4 is 14.2 Å². The molecule has 1 unspecified atom stereocenters. The number of nitrogens with zero attached hydrogens (tertiary/aromatic N) is 1. The summed E-state index contributed by atoms with van der Waals surface area (Å²) in [7, 11) is 1.15. The number of ether oxygens (including phenoxy) is 3. The number of carbonyl (C=O) groups excluding carboxylic acids is 1. The number of esters is 1. The summed E-state index contributed by atoms with van der Waals surface area (Å²) in [6.45, 7) is 0.493. The van der Waals surface area contributed by atoms with Crippen molar-refractivity contribution in [1.29, 1.82) is 0 Å². The first-order valence-electron chi connectivity index (χ1n) is 8.96. The molecule has 7 nitrogen and oxygen atoms in total. The van der Waals surface area contributed by atoms with Crippen molar-refractivity contribution in [2.45, 2.75) is 19.3 Å². The molecule has 0 aliphatic carbocycles. The van der Waals surface area contributed by atoms with Crippen LogP contribution in [0.2, 0.25) is 0 Å². The summed E-state index contributed by atoms with van der Waals surface area (Å²) in [5.41, 5.74) is 1.76. The number of aliphatic hydroxyl groups excluding tert-OH is 1. The number of aromatic nitrogens is 1. The molecule has 0 saturated carbocycles. The molecule has 0 spiro atoms. The Kier molecular flexibility index (Phi) is 6.65. The zero-order valence-electron chi connectivity index (χ0n) is 15.9. The van der Waals surface area contributed by atoms with E-state index in [2.05, 4.69) is 4.74 Å². The number of pyridine rings is 1. The van der Waals surface area contributed by atoms with E-state index < -0.39 is 12.1 Å². The molecule has 1 aromatic heterocycles. The summed E-state index contributed by atoms with van der Waals surface area (Å²) in [4.78, 5) is 11.7. The van der Waals surface area contributed by atoms with Gasteiger partial charge < -0.3 is 19.3 Å². The van der Waals surface area contributed by atoms with Crippen LogP contribution in [0.4, 0.5) is 0 Å². The van der Waals surface area contributed by atoms with Gasteiger partial charge in [0.05, 0.1) is 13.2 Å². The second-order valence-electron chi connectivity index (χ2n) is 6.25. The standard InChI is InChI=1S/C22H22NO6/c1-27-22(25)21(24)18-12-19(28-14-16-8-4-2-5-9-16)20(13-23(18)26)29-15-17-10-6-3-7-11-17/h2-13,21,24,26H,14-15H2,1H3/q+1. The van der Waals surface area contributed by atoms with Crippen LogP contribution in [0.1, 0.15) is 22.9 Å². The summed E-state index contributed by atoms with van der Waals surface area (Å²) in [6, 6.07) is 20.4. The van der Waals surface area contributed by atoms with Crippen molar-refractivity contribution >= 4 is 5.97 Å². The van der Waals surface area contributed by atoms with E-state index in [1.54, 1.807) is 0 Å². The molecule has 0 bridgehead atoms. The Labute approximate surface area is 168 Å². The lowest BCUT2D eigenvalue weighted by molar-refractivity contribution is -0.911. The number of benzene rings is 2. The van der Waals surface area contributed by atoms with Crippen LogP contribution in [0.3, 0.4) is 0 Å². The SMILES string of the molecule is COC(=O)C(O)c1cc(OCc2ccccc2)c(OCc2ccccc2)c[n+]1O. The zero-order chi connectivity index (χ0) is 20.6. The van der Waals surface area contributed by atoms with Crippen molar-refractivity contribution in [1.82, 2.24) is 0 Å². The third-order valence-corrected chi connectivity index (χ3v) is 4.20. The molecule has 1 atom stereocenters. The fourth-order valence-corrected chi connectivity index (χ4v) is 2.65. The van der Waals surface area contributed by atoms with E-state index >= 15 is 0 Å². The molecule has 0 fully saturated rings. The van der Waals surface area contributed by atoms with Crippen molar-refractivity contribution < 1.29 is 34.0 Å². The van der Waals surface area contributed by atoms with E-state index in [1.165, 1.54) is 12.3 Å². The smallest absolute Gasteiger partial charge is 0.346 e. The average molecular weight is 396 g/mol. The lowest BCUT2D eigenvalue weighted by atomic mass is 10.2. The van der Waals surface area contributed by atoms with Crippen LogP contribution in [0.25, 0.3) is 0 Å². The highest BCUT2D eigenvalue weighted by Crippen LogP contribution is 2.30. The van der Waals surface area contributed by atoms with E-state index in [1.807, 2.05) is 60.7 Å². The highest BCUT2D eigenvalue weighted by atomic mass is 16.5. The minimum atomic E-state index is -1.67. The maximum Gasteiger partial charge on any atom is 0.346 e. The molecule has 0 saturated heterocycles. The van der Waals surface area contributed by atoms with Crippen molar-refractivity contribution in [2.24, 2.45) is 0 Å². The van der Waals surface area contributed by atoms with Gasteiger partial charge in [0.2, 0.25) is 11.9 Å². The third kappa shape index (κ3) is 5.24. The summed E-state index contributed by atoms with van der Waals surface area (Å²) >= 11 is 0. The summed E-state index contributed by atoms with van der Waals surface area (Å²) < 4.78 is 16.8. The quantitative estimate of drug-likeness (QED) is 0.346. The number of aliphatic hydroxyl groups is 1. The Hall–Kier alpha value is -3.58. The van der Waals surface area contributed by atoms with Gasteiger partial charge in [0, 0.05) is 4.73 Å². The normalized spacial score (nSPS) is 11.5. The maximum atomic E-state index is 11.7. The Morgan fingerprint density at radius 1 is 0.931 bits per heavy atom.